The van der Waals surface area contributed by atoms with Crippen LogP contribution in [0.1, 0.15) is 12.5 Å². The monoisotopic (exact) mass is 233 g/mol. The lowest BCUT2D eigenvalue weighted by Gasteiger charge is -2.07. The molecule has 0 radical (unpaired) electrons. The molecule has 0 aliphatic carbocycles. The summed E-state index contributed by atoms with van der Waals surface area (Å²) >= 11 is 5.36. The summed E-state index contributed by atoms with van der Waals surface area (Å²) in [5.41, 5.74) is 0.698. The van der Waals surface area contributed by atoms with Gasteiger partial charge in [0.05, 0.1) is 10.6 Å². The first-order chi connectivity index (χ1) is 6.61. The minimum Gasteiger partial charge on any atom is -0.229 e. The second-order valence-corrected chi connectivity index (χ2v) is 5.34. The SMILES string of the molecule is CCS(=O)(=O)c1ccccc1CNCl. The van der Waals surface area contributed by atoms with E-state index in [0.29, 0.717) is 17.0 Å². The molecule has 0 unspecified atom stereocenters. The highest BCUT2D eigenvalue weighted by molar-refractivity contribution is 7.91. The van der Waals surface area contributed by atoms with Gasteiger partial charge in [-0.05, 0) is 23.4 Å². The van der Waals surface area contributed by atoms with E-state index in [4.69, 9.17) is 11.8 Å². The van der Waals surface area contributed by atoms with E-state index in [1.54, 1.807) is 31.2 Å². The van der Waals surface area contributed by atoms with Crippen molar-refractivity contribution in [1.29, 1.82) is 0 Å². The molecule has 0 heterocycles. The number of halogens is 1. The van der Waals surface area contributed by atoms with Crippen molar-refractivity contribution in [2.24, 2.45) is 0 Å². The Labute approximate surface area is 89.1 Å². The fraction of sp³-hybridized carbons (Fsp3) is 0.333. The van der Waals surface area contributed by atoms with Gasteiger partial charge < -0.3 is 0 Å². The maximum atomic E-state index is 11.6. The zero-order chi connectivity index (χ0) is 10.6. The Bertz CT molecular complexity index is 403. The first-order valence-electron chi connectivity index (χ1n) is 4.26. The van der Waals surface area contributed by atoms with Gasteiger partial charge in [-0.25, -0.2) is 13.3 Å². The Balaban J connectivity index is 3.20. The van der Waals surface area contributed by atoms with Crippen LogP contribution in [-0.2, 0) is 16.4 Å². The topological polar surface area (TPSA) is 46.2 Å². The molecule has 1 aromatic carbocycles. The number of sulfone groups is 1. The number of hydrogen-bond acceptors (Lipinski definition) is 3. The minimum absolute atomic E-state index is 0.103. The van der Waals surface area contributed by atoms with Crippen LogP contribution in [0.2, 0.25) is 0 Å². The van der Waals surface area contributed by atoms with Gasteiger partial charge in [0, 0.05) is 6.54 Å². The highest BCUT2D eigenvalue weighted by Gasteiger charge is 2.14. The summed E-state index contributed by atoms with van der Waals surface area (Å²) in [6.07, 6.45) is 0. The quantitative estimate of drug-likeness (QED) is 0.806. The van der Waals surface area contributed by atoms with Gasteiger partial charge in [-0.15, -0.1) is 0 Å². The third-order valence-corrected chi connectivity index (χ3v) is 3.91. The van der Waals surface area contributed by atoms with E-state index in [2.05, 4.69) is 4.84 Å². The Kier molecular flexibility index (Phi) is 3.92. The molecular formula is C9H12ClNO2S. The number of nitrogens with one attached hydrogen (secondary N) is 1. The predicted molar refractivity (Wildman–Crippen MR) is 56.9 cm³/mol. The Morgan fingerprint density at radius 3 is 2.57 bits per heavy atom. The van der Waals surface area contributed by atoms with Crippen molar-refractivity contribution in [3.63, 3.8) is 0 Å². The summed E-state index contributed by atoms with van der Waals surface area (Å²) in [7, 11) is -3.15. The van der Waals surface area contributed by atoms with Gasteiger partial charge in [0.25, 0.3) is 0 Å². The van der Waals surface area contributed by atoms with Gasteiger partial charge in [0.1, 0.15) is 0 Å². The van der Waals surface area contributed by atoms with Crippen LogP contribution in [0.5, 0.6) is 0 Å². The maximum absolute atomic E-state index is 11.6. The number of benzene rings is 1. The molecule has 0 saturated heterocycles. The van der Waals surface area contributed by atoms with Gasteiger partial charge in [-0.3, -0.25) is 0 Å². The molecule has 0 bridgehead atoms. The van der Waals surface area contributed by atoms with Gasteiger partial charge in [0.15, 0.2) is 9.84 Å². The summed E-state index contributed by atoms with van der Waals surface area (Å²) in [6.45, 7) is 1.97. The van der Waals surface area contributed by atoms with E-state index in [-0.39, 0.29) is 5.75 Å². The first kappa shape index (κ1) is 11.5. The van der Waals surface area contributed by atoms with Crippen molar-refractivity contribution in [3.8, 4) is 0 Å². The minimum atomic E-state index is -3.15. The Morgan fingerprint density at radius 2 is 2.00 bits per heavy atom. The lowest BCUT2D eigenvalue weighted by atomic mass is 10.2. The van der Waals surface area contributed by atoms with Crippen LogP contribution in [0.25, 0.3) is 0 Å². The van der Waals surface area contributed by atoms with E-state index in [1.165, 1.54) is 0 Å². The molecule has 1 rings (SSSR count). The molecule has 0 fully saturated rings. The molecule has 1 aromatic rings. The summed E-state index contributed by atoms with van der Waals surface area (Å²) < 4.78 is 23.3. The number of rotatable bonds is 4. The molecule has 0 aliphatic heterocycles. The van der Waals surface area contributed by atoms with E-state index in [0.717, 1.165) is 0 Å². The molecule has 0 aromatic heterocycles. The molecule has 0 saturated carbocycles. The molecular weight excluding hydrogens is 222 g/mol. The second-order valence-electron chi connectivity index (χ2n) is 2.82. The van der Waals surface area contributed by atoms with E-state index < -0.39 is 9.84 Å². The molecule has 14 heavy (non-hydrogen) atoms. The average Bonchev–Trinajstić information content (AvgIpc) is 2.19. The third kappa shape index (κ3) is 2.47. The fourth-order valence-corrected chi connectivity index (χ4v) is 2.46. The van der Waals surface area contributed by atoms with Crippen LogP contribution in [0, 0.1) is 0 Å². The molecule has 5 heteroatoms. The lowest BCUT2D eigenvalue weighted by molar-refractivity contribution is 0.596. The standard InChI is InChI=1S/C9H12ClNO2S/c1-2-14(12,13)9-6-4-3-5-8(9)7-11-10/h3-6,11H,2,7H2,1H3. The summed E-state index contributed by atoms with van der Waals surface area (Å²) in [5.74, 6) is 0.103. The Morgan fingerprint density at radius 1 is 1.36 bits per heavy atom. The van der Waals surface area contributed by atoms with E-state index in [9.17, 15) is 8.42 Å². The summed E-state index contributed by atoms with van der Waals surface area (Å²) in [5, 5.41) is 0. The van der Waals surface area contributed by atoms with E-state index in [1.807, 2.05) is 0 Å². The van der Waals surface area contributed by atoms with Crippen molar-refractivity contribution in [3.05, 3.63) is 29.8 Å². The van der Waals surface area contributed by atoms with Gasteiger partial charge in [-0.1, -0.05) is 25.1 Å². The molecule has 78 valence electrons. The van der Waals surface area contributed by atoms with Crippen molar-refractivity contribution in [2.75, 3.05) is 5.75 Å². The normalized spacial score (nSPS) is 11.6. The zero-order valence-electron chi connectivity index (χ0n) is 7.83. The predicted octanol–water partition coefficient (Wildman–Crippen LogP) is 1.72. The summed E-state index contributed by atoms with van der Waals surface area (Å²) in [4.78, 5) is 2.79. The average molecular weight is 234 g/mol. The smallest absolute Gasteiger partial charge is 0.178 e. The van der Waals surface area contributed by atoms with Gasteiger partial charge >= 0.3 is 0 Å². The molecule has 0 spiro atoms. The van der Waals surface area contributed by atoms with Gasteiger partial charge in [-0.2, -0.15) is 0 Å². The van der Waals surface area contributed by atoms with Gasteiger partial charge in [0.2, 0.25) is 0 Å². The number of hydrogen-bond donors (Lipinski definition) is 1. The highest BCUT2D eigenvalue weighted by atomic mass is 35.5. The largest absolute Gasteiger partial charge is 0.229 e. The lowest BCUT2D eigenvalue weighted by Crippen LogP contribution is -2.10. The van der Waals surface area contributed by atoms with Crippen LogP contribution in [0.4, 0.5) is 0 Å². The zero-order valence-corrected chi connectivity index (χ0v) is 9.40. The Hall–Kier alpha value is -0.580. The van der Waals surface area contributed by atoms with Crippen molar-refractivity contribution in [1.82, 2.24) is 4.84 Å². The van der Waals surface area contributed by atoms with Crippen molar-refractivity contribution < 1.29 is 8.42 Å². The second kappa shape index (κ2) is 4.77. The van der Waals surface area contributed by atoms with Crippen LogP contribution < -0.4 is 4.84 Å². The van der Waals surface area contributed by atoms with Crippen LogP contribution >= 0.6 is 11.8 Å². The van der Waals surface area contributed by atoms with Crippen molar-refractivity contribution >= 4 is 21.6 Å². The fourth-order valence-electron chi connectivity index (χ4n) is 1.18. The first-order valence-corrected chi connectivity index (χ1v) is 6.29. The van der Waals surface area contributed by atoms with Crippen LogP contribution in [-0.4, -0.2) is 14.2 Å². The van der Waals surface area contributed by atoms with Crippen LogP contribution in [0.15, 0.2) is 29.2 Å². The molecule has 0 atom stereocenters. The maximum Gasteiger partial charge on any atom is 0.178 e. The molecule has 1 N–H and O–H groups in total. The van der Waals surface area contributed by atoms with Crippen molar-refractivity contribution in [2.45, 2.75) is 18.4 Å². The summed E-state index contributed by atoms with van der Waals surface area (Å²) in [6, 6.07) is 6.85. The molecule has 0 amide bonds. The van der Waals surface area contributed by atoms with E-state index >= 15 is 0 Å². The molecule has 0 aliphatic rings. The highest BCUT2D eigenvalue weighted by Crippen LogP contribution is 2.16. The third-order valence-electron chi connectivity index (χ3n) is 1.94. The molecule has 3 nitrogen and oxygen atoms in total. The van der Waals surface area contributed by atoms with Crippen LogP contribution in [0.3, 0.4) is 0 Å².